The molecule has 0 N–H and O–H groups in total. The highest BCUT2D eigenvalue weighted by molar-refractivity contribution is 7.18. The first-order valence-corrected chi connectivity index (χ1v) is 9.93. The van der Waals surface area contributed by atoms with E-state index in [4.69, 9.17) is 4.52 Å². The molecule has 0 amide bonds. The number of thiazole rings is 1. The van der Waals surface area contributed by atoms with Gasteiger partial charge in [-0.3, -0.25) is 14.3 Å². The summed E-state index contributed by atoms with van der Waals surface area (Å²) in [4.78, 5) is 19.6. The minimum atomic E-state index is 0.0863. The molecule has 1 aromatic carbocycles. The number of Topliss-reactive ketones (excluding diaryl/α,β-unsaturated/α-hetero) is 1. The molecule has 144 valence electrons. The molecule has 6 nitrogen and oxygen atoms in total. The van der Waals surface area contributed by atoms with Crippen molar-refractivity contribution >= 4 is 27.3 Å². The van der Waals surface area contributed by atoms with Gasteiger partial charge in [-0.2, -0.15) is 0 Å². The van der Waals surface area contributed by atoms with Crippen LogP contribution >= 0.6 is 11.3 Å². The lowest BCUT2D eigenvalue weighted by Gasteiger charge is -2.14. The molecule has 0 radical (unpaired) electrons. The number of nitrogens with zero attached hydrogens (tertiary/aromatic N) is 4. The van der Waals surface area contributed by atoms with Gasteiger partial charge in [0.1, 0.15) is 10.8 Å². The summed E-state index contributed by atoms with van der Waals surface area (Å²) >= 11 is 1.67. The van der Waals surface area contributed by atoms with Crippen molar-refractivity contribution in [2.24, 2.45) is 0 Å². The lowest BCUT2D eigenvalue weighted by Crippen LogP contribution is -2.25. The van der Waals surface area contributed by atoms with E-state index in [-0.39, 0.29) is 5.78 Å². The molecular formula is C21H22N4O2S. The fourth-order valence-corrected chi connectivity index (χ4v) is 4.51. The molecule has 0 saturated carbocycles. The van der Waals surface area contributed by atoms with E-state index in [1.54, 1.807) is 11.3 Å². The molecular weight excluding hydrogens is 372 g/mol. The van der Waals surface area contributed by atoms with Crippen LogP contribution in [-0.4, -0.2) is 39.0 Å². The summed E-state index contributed by atoms with van der Waals surface area (Å²) in [7, 11) is 1.95. The Morgan fingerprint density at radius 2 is 2.00 bits per heavy atom. The Hall–Kier alpha value is -2.77. The van der Waals surface area contributed by atoms with Gasteiger partial charge in [-0.15, -0.1) is 11.3 Å². The van der Waals surface area contributed by atoms with Crippen LogP contribution in [0, 0.1) is 20.8 Å². The SMILES string of the molecule is Cc1cc(-n2c(C)cc(C(=O)CN(C)Cc3nc4ccccc4s3)c2C)no1. The summed E-state index contributed by atoms with van der Waals surface area (Å²) in [5.41, 5.74) is 3.56. The molecule has 0 aliphatic heterocycles. The van der Waals surface area contributed by atoms with Gasteiger partial charge >= 0.3 is 0 Å². The molecule has 0 aliphatic carbocycles. The maximum absolute atomic E-state index is 12.9. The fourth-order valence-electron chi connectivity index (χ4n) is 3.46. The van der Waals surface area contributed by atoms with Gasteiger partial charge in [0, 0.05) is 23.0 Å². The number of benzene rings is 1. The van der Waals surface area contributed by atoms with Crippen molar-refractivity contribution in [2.45, 2.75) is 27.3 Å². The third-order valence-corrected chi connectivity index (χ3v) is 5.75. The predicted molar refractivity (Wildman–Crippen MR) is 110 cm³/mol. The van der Waals surface area contributed by atoms with Crippen LogP contribution in [0.3, 0.4) is 0 Å². The standard InChI is InChI=1S/C21H22N4O2S/c1-13-9-16(15(3)25(13)20-10-14(2)27-23-20)18(26)11-24(4)12-21-22-17-7-5-6-8-19(17)28-21/h5-10H,11-12H2,1-4H3. The van der Waals surface area contributed by atoms with Crippen LogP contribution in [0.15, 0.2) is 40.9 Å². The third-order valence-electron chi connectivity index (χ3n) is 4.73. The summed E-state index contributed by atoms with van der Waals surface area (Å²) in [6, 6.07) is 11.9. The molecule has 0 unspecified atom stereocenters. The van der Waals surface area contributed by atoms with Crippen molar-refractivity contribution < 1.29 is 9.32 Å². The summed E-state index contributed by atoms with van der Waals surface area (Å²) in [6.07, 6.45) is 0. The lowest BCUT2D eigenvalue weighted by atomic mass is 10.1. The second-order valence-electron chi connectivity index (χ2n) is 7.09. The number of rotatable bonds is 6. The predicted octanol–water partition coefficient (Wildman–Crippen LogP) is 4.31. The largest absolute Gasteiger partial charge is 0.360 e. The van der Waals surface area contributed by atoms with Crippen LogP contribution in [0.4, 0.5) is 0 Å². The maximum Gasteiger partial charge on any atom is 0.180 e. The molecule has 7 heteroatoms. The van der Waals surface area contributed by atoms with Crippen molar-refractivity contribution in [2.75, 3.05) is 13.6 Å². The van der Waals surface area contributed by atoms with E-state index < -0.39 is 0 Å². The maximum atomic E-state index is 12.9. The van der Waals surface area contributed by atoms with Gasteiger partial charge in [0.2, 0.25) is 0 Å². The highest BCUT2D eigenvalue weighted by Gasteiger charge is 2.20. The van der Waals surface area contributed by atoms with Gasteiger partial charge in [0.05, 0.1) is 23.3 Å². The Kier molecular flexibility index (Phi) is 4.87. The molecule has 0 atom stereocenters. The number of carbonyl (C=O) groups is 1. The molecule has 0 spiro atoms. The average molecular weight is 395 g/mol. The zero-order valence-electron chi connectivity index (χ0n) is 16.4. The minimum absolute atomic E-state index is 0.0863. The lowest BCUT2D eigenvalue weighted by molar-refractivity contribution is 0.0942. The Labute approximate surface area is 167 Å². The first-order valence-electron chi connectivity index (χ1n) is 9.11. The zero-order chi connectivity index (χ0) is 19.8. The van der Waals surface area contributed by atoms with Crippen LogP contribution in [0.2, 0.25) is 0 Å². The van der Waals surface area contributed by atoms with Crippen LogP contribution in [-0.2, 0) is 6.54 Å². The van der Waals surface area contributed by atoms with Crippen LogP contribution in [0.1, 0.15) is 32.5 Å². The Balaban J connectivity index is 1.50. The highest BCUT2D eigenvalue weighted by atomic mass is 32.1. The van der Waals surface area contributed by atoms with E-state index >= 15 is 0 Å². The Morgan fingerprint density at radius 1 is 1.21 bits per heavy atom. The van der Waals surface area contributed by atoms with Crippen molar-refractivity contribution in [3.63, 3.8) is 0 Å². The van der Waals surface area contributed by atoms with E-state index in [0.29, 0.717) is 24.5 Å². The molecule has 0 fully saturated rings. The number of carbonyl (C=O) groups excluding carboxylic acids is 1. The van der Waals surface area contributed by atoms with Gasteiger partial charge in [-0.1, -0.05) is 17.3 Å². The van der Waals surface area contributed by atoms with Crippen molar-refractivity contribution in [1.29, 1.82) is 0 Å². The van der Waals surface area contributed by atoms with E-state index in [0.717, 1.165) is 27.7 Å². The number of hydrogen-bond donors (Lipinski definition) is 0. The normalized spacial score (nSPS) is 11.6. The molecule has 3 heterocycles. The molecule has 28 heavy (non-hydrogen) atoms. The quantitative estimate of drug-likeness (QED) is 0.456. The molecule has 0 bridgehead atoms. The fraction of sp³-hybridized carbons (Fsp3) is 0.286. The number of hydrogen-bond acceptors (Lipinski definition) is 6. The Morgan fingerprint density at radius 3 is 2.71 bits per heavy atom. The number of aryl methyl sites for hydroxylation is 2. The van der Waals surface area contributed by atoms with E-state index in [9.17, 15) is 4.79 Å². The van der Waals surface area contributed by atoms with E-state index in [1.165, 1.54) is 4.70 Å². The number of fused-ring (bicyclic) bond motifs is 1. The summed E-state index contributed by atoms with van der Waals surface area (Å²) in [6.45, 7) is 6.74. The minimum Gasteiger partial charge on any atom is -0.360 e. The topological polar surface area (TPSA) is 64.2 Å². The highest BCUT2D eigenvalue weighted by Crippen LogP contribution is 2.24. The van der Waals surface area contributed by atoms with E-state index in [2.05, 4.69) is 16.2 Å². The smallest absolute Gasteiger partial charge is 0.180 e. The van der Waals surface area contributed by atoms with Crippen molar-refractivity contribution in [3.05, 3.63) is 64.1 Å². The number of aromatic nitrogens is 3. The number of ketones is 1. The van der Waals surface area contributed by atoms with Crippen LogP contribution < -0.4 is 0 Å². The van der Waals surface area contributed by atoms with Gasteiger partial charge in [-0.25, -0.2) is 4.98 Å². The van der Waals surface area contributed by atoms with Gasteiger partial charge in [-0.05, 0) is 46.0 Å². The summed E-state index contributed by atoms with van der Waals surface area (Å²) in [5.74, 6) is 1.53. The zero-order valence-corrected chi connectivity index (χ0v) is 17.2. The number of likely N-dealkylation sites (N-methyl/N-ethyl adjacent to an activating group) is 1. The second-order valence-corrected chi connectivity index (χ2v) is 8.20. The third kappa shape index (κ3) is 3.50. The molecule has 0 saturated heterocycles. The first kappa shape index (κ1) is 18.6. The average Bonchev–Trinajstić information content (AvgIpc) is 3.31. The van der Waals surface area contributed by atoms with Crippen LogP contribution in [0.25, 0.3) is 16.0 Å². The van der Waals surface area contributed by atoms with Gasteiger partial charge in [0.25, 0.3) is 0 Å². The molecule has 3 aromatic heterocycles. The monoisotopic (exact) mass is 394 g/mol. The number of para-hydroxylation sites is 1. The first-order chi connectivity index (χ1) is 13.4. The van der Waals surface area contributed by atoms with Crippen molar-refractivity contribution in [1.82, 2.24) is 19.6 Å². The molecule has 4 rings (SSSR count). The molecule has 0 aliphatic rings. The van der Waals surface area contributed by atoms with Gasteiger partial charge in [0.15, 0.2) is 11.6 Å². The van der Waals surface area contributed by atoms with Gasteiger partial charge < -0.3 is 4.52 Å². The molecule has 4 aromatic rings. The second kappa shape index (κ2) is 7.33. The Bertz CT molecular complexity index is 1120. The van der Waals surface area contributed by atoms with Crippen molar-refractivity contribution in [3.8, 4) is 5.82 Å². The summed E-state index contributed by atoms with van der Waals surface area (Å²) < 4.78 is 8.31. The van der Waals surface area contributed by atoms with Crippen LogP contribution in [0.5, 0.6) is 0 Å². The van der Waals surface area contributed by atoms with E-state index in [1.807, 2.05) is 67.6 Å². The summed E-state index contributed by atoms with van der Waals surface area (Å²) in [5, 5.41) is 5.09.